The molecule has 1 unspecified atom stereocenters. The minimum atomic E-state index is 0.139. The maximum atomic E-state index is 11.3. The molecule has 76 valence electrons. The minimum Gasteiger partial charge on any atom is -0.345 e. The first kappa shape index (κ1) is 10.0. The summed E-state index contributed by atoms with van der Waals surface area (Å²) in [6.45, 7) is 5.94. The molecule has 1 aromatic heterocycles. The molecule has 2 heterocycles. The van der Waals surface area contributed by atoms with Crippen LogP contribution in [0.4, 0.5) is 4.79 Å². The largest absolute Gasteiger partial charge is 0.345 e. The Morgan fingerprint density at radius 2 is 2.21 bits per heavy atom. The normalized spacial score (nSPS) is 20.8. The van der Waals surface area contributed by atoms with Crippen molar-refractivity contribution >= 4 is 26.5 Å². The van der Waals surface area contributed by atoms with Gasteiger partial charge in [-0.1, -0.05) is 0 Å². The van der Waals surface area contributed by atoms with E-state index in [2.05, 4.69) is 30.5 Å². The zero-order chi connectivity index (χ0) is 10.3. The number of nitrogens with zero attached hydrogens (tertiary/aromatic N) is 2. The van der Waals surface area contributed by atoms with Crippen molar-refractivity contribution in [2.24, 2.45) is 0 Å². The van der Waals surface area contributed by atoms with E-state index in [-0.39, 0.29) is 9.96 Å². The number of carbonyl (C=O) groups excluding carboxylic acids is 1. The molecular formula is C10H13IN2O. The van der Waals surface area contributed by atoms with E-state index in [4.69, 9.17) is 0 Å². The van der Waals surface area contributed by atoms with Crippen molar-refractivity contribution in [3.05, 3.63) is 23.5 Å². The van der Waals surface area contributed by atoms with Gasteiger partial charge in [0.05, 0.1) is 6.04 Å². The van der Waals surface area contributed by atoms with Crippen LogP contribution in [0.1, 0.15) is 24.4 Å². The predicted molar refractivity (Wildman–Crippen MR) is 63.7 cm³/mol. The number of hydrogen-bond donors (Lipinski definition) is 0. The molecule has 1 aliphatic rings. The zero-order valence-electron chi connectivity index (χ0n) is 8.33. The smallest absolute Gasteiger partial charge is 0.283 e. The molecule has 3 nitrogen and oxygen atoms in total. The third-order valence-corrected chi connectivity index (χ3v) is 3.54. The number of aryl methyl sites for hydroxylation is 1. The van der Waals surface area contributed by atoms with Gasteiger partial charge in [0.1, 0.15) is 0 Å². The molecule has 1 aliphatic heterocycles. The lowest BCUT2D eigenvalue weighted by molar-refractivity contribution is 0.188. The molecule has 14 heavy (non-hydrogen) atoms. The van der Waals surface area contributed by atoms with Gasteiger partial charge in [0.2, 0.25) is 0 Å². The van der Waals surface area contributed by atoms with Crippen molar-refractivity contribution in [2.75, 3.05) is 6.54 Å². The summed E-state index contributed by atoms with van der Waals surface area (Å²) in [7, 11) is 0. The fourth-order valence-electron chi connectivity index (χ4n) is 2.06. The Morgan fingerprint density at radius 3 is 2.86 bits per heavy atom. The Labute approximate surface area is 97.2 Å². The second kappa shape index (κ2) is 3.56. The molecule has 1 amide bonds. The number of halogens is 1. The van der Waals surface area contributed by atoms with Crippen LogP contribution in [0.25, 0.3) is 0 Å². The number of rotatable bonds is 0. The van der Waals surface area contributed by atoms with Gasteiger partial charge in [-0.15, -0.1) is 0 Å². The quantitative estimate of drug-likeness (QED) is 0.411. The van der Waals surface area contributed by atoms with Crippen LogP contribution in [0.3, 0.4) is 0 Å². The van der Waals surface area contributed by atoms with E-state index >= 15 is 0 Å². The van der Waals surface area contributed by atoms with Crippen LogP contribution in [0, 0.1) is 6.92 Å². The van der Waals surface area contributed by atoms with E-state index in [0.717, 1.165) is 13.1 Å². The fourth-order valence-corrected chi connectivity index (χ4v) is 2.72. The molecule has 0 fully saturated rings. The minimum absolute atomic E-state index is 0.139. The molecule has 0 aromatic carbocycles. The molecule has 0 saturated heterocycles. The number of aromatic nitrogens is 1. The SMILES string of the molecule is Cc1ccc2n1CCN(C(=O)I)C2C. The number of amides is 1. The van der Waals surface area contributed by atoms with Crippen LogP contribution in [-0.4, -0.2) is 19.9 Å². The average Bonchev–Trinajstić information content (AvgIpc) is 2.49. The highest BCUT2D eigenvalue weighted by Crippen LogP contribution is 2.28. The third-order valence-electron chi connectivity index (χ3n) is 2.92. The molecule has 0 N–H and O–H groups in total. The second-order valence-corrected chi connectivity index (χ2v) is 4.60. The van der Waals surface area contributed by atoms with Crippen molar-refractivity contribution in [3.63, 3.8) is 0 Å². The van der Waals surface area contributed by atoms with Gasteiger partial charge in [-0.2, -0.15) is 0 Å². The lowest BCUT2D eigenvalue weighted by Crippen LogP contribution is -2.38. The van der Waals surface area contributed by atoms with Crippen LogP contribution in [0.2, 0.25) is 0 Å². The highest BCUT2D eigenvalue weighted by molar-refractivity contribution is 14.1. The van der Waals surface area contributed by atoms with Crippen LogP contribution < -0.4 is 0 Å². The van der Waals surface area contributed by atoms with Gasteiger partial charge in [0.25, 0.3) is 3.91 Å². The lowest BCUT2D eigenvalue weighted by Gasteiger charge is -2.34. The van der Waals surface area contributed by atoms with Gasteiger partial charge in [0.15, 0.2) is 0 Å². The molecule has 4 heteroatoms. The second-order valence-electron chi connectivity index (χ2n) is 3.67. The third kappa shape index (κ3) is 1.45. The highest BCUT2D eigenvalue weighted by Gasteiger charge is 2.26. The standard InChI is InChI=1S/C10H13IN2O/c1-7-3-4-9-8(2)13(10(11)14)6-5-12(7)9/h3-4,8H,5-6H2,1-2H3. The van der Waals surface area contributed by atoms with Gasteiger partial charge in [-0.05, 0) is 26.0 Å². The van der Waals surface area contributed by atoms with Crippen molar-refractivity contribution in [2.45, 2.75) is 26.4 Å². The maximum absolute atomic E-state index is 11.3. The van der Waals surface area contributed by atoms with Crippen LogP contribution in [0.5, 0.6) is 0 Å². The van der Waals surface area contributed by atoms with Crippen LogP contribution in [-0.2, 0) is 6.54 Å². The van der Waals surface area contributed by atoms with Crippen LogP contribution >= 0.6 is 22.6 Å². The molecule has 0 bridgehead atoms. The van der Waals surface area contributed by atoms with E-state index in [1.54, 1.807) is 0 Å². The Hall–Kier alpha value is -0.520. The Morgan fingerprint density at radius 1 is 1.50 bits per heavy atom. The van der Waals surface area contributed by atoms with Gasteiger partial charge >= 0.3 is 0 Å². The van der Waals surface area contributed by atoms with Crippen molar-refractivity contribution < 1.29 is 4.79 Å². The summed E-state index contributed by atoms with van der Waals surface area (Å²) >= 11 is 1.86. The molecule has 2 rings (SSSR count). The van der Waals surface area contributed by atoms with Crippen molar-refractivity contribution in [1.29, 1.82) is 0 Å². The summed E-state index contributed by atoms with van der Waals surface area (Å²) in [6, 6.07) is 4.44. The van der Waals surface area contributed by atoms with Gasteiger partial charge in [0, 0.05) is 47.1 Å². The molecular weight excluding hydrogens is 291 g/mol. The summed E-state index contributed by atoms with van der Waals surface area (Å²) < 4.78 is 2.43. The molecule has 0 spiro atoms. The van der Waals surface area contributed by atoms with Gasteiger partial charge in [-0.3, -0.25) is 4.79 Å². The van der Waals surface area contributed by atoms with Gasteiger partial charge in [-0.25, -0.2) is 0 Å². The number of fused-ring (bicyclic) bond motifs is 1. The van der Waals surface area contributed by atoms with Crippen molar-refractivity contribution in [3.8, 4) is 0 Å². The first-order valence-corrected chi connectivity index (χ1v) is 5.81. The van der Waals surface area contributed by atoms with Crippen LogP contribution in [0.15, 0.2) is 12.1 Å². The van der Waals surface area contributed by atoms with E-state index in [1.807, 2.05) is 27.5 Å². The Kier molecular flexibility index (Phi) is 2.55. The molecule has 0 saturated carbocycles. The monoisotopic (exact) mass is 304 g/mol. The number of carbonyl (C=O) groups is 1. The summed E-state index contributed by atoms with van der Waals surface area (Å²) in [5.74, 6) is 0. The Bertz CT molecular complexity index is 372. The fraction of sp³-hybridized carbons (Fsp3) is 0.500. The summed E-state index contributed by atoms with van der Waals surface area (Å²) in [4.78, 5) is 13.2. The molecule has 1 aromatic rings. The first-order valence-electron chi connectivity index (χ1n) is 4.73. The first-order chi connectivity index (χ1) is 6.61. The van der Waals surface area contributed by atoms with E-state index in [1.165, 1.54) is 11.4 Å². The number of hydrogen-bond acceptors (Lipinski definition) is 1. The topological polar surface area (TPSA) is 25.2 Å². The Balaban J connectivity index is 2.37. The maximum Gasteiger partial charge on any atom is 0.283 e. The van der Waals surface area contributed by atoms with Gasteiger partial charge < -0.3 is 9.47 Å². The van der Waals surface area contributed by atoms with E-state index in [0.29, 0.717) is 0 Å². The highest BCUT2D eigenvalue weighted by atomic mass is 127. The predicted octanol–water partition coefficient (Wildman–Crippen LogP) is 2.73. The summed E-state index contributed by atoms with van der Waals surface area (Å²) in [5.41, 5.74) is 2.53. The van der Waals surface area contributed by atoms with Crippen molar-refractivity contribution in [1.82, 2.24) is 9.47 Å². The molecule has 0 aliphatic carbocycles. The lowest BCUT2D eigenvalue weighted by atomic mass is 10.2. The molecule has 1 atom stereocenters. The van der Waals surface area contributed by atoms with E-state index < -0.39 is 0 Å². The summed E-state index contributed by atoms with van der Waals surface area (Å²) in [5, 5.41) is 0. The summed E-state index contributed by atoms with van der Waals surface area (Å²) in [6.07, 6.45) is 0. The zero-order valence-corrected chi connectivity index (χ0v) is 10.5. The van der Waals surface area contributed by atoms with E-state index in [9.17, 15) is 4.79 Å². The molecule has 0 radical (unpaired) electrons. The average molecular weight is 304 g/mol.